The summed E-state index contributed by atoms with van der Waals surface area (Å²) in [4.78, 5) is 25.6. The molecule has 132 valence electrons. The van der Waals surface area contributed by atoms with Gasteiger partial charge in [0.1, 0.15) is 0 Å². The van der Waals surface area contributed by atoms with Gasteiger partial charge in [-0.15, -0.1) is 0 Å². The van der Waals surface area contributed by atoms with E-state index in [-0.39, 0.29) is 23.8 Å². The number of aromatic nitrogens is 1. The normalized spacial score (nSPS) is 16.6. The molecule has 25 heavy (non-hydrogen) atoms. The van der Waals surface area contributed by atoms with Crippen molar-refractivity contribution in [2.75, 3.05) is 0 Å². The minimum atomic E-state index is -0.296. The van der Waals surface area contributed by atoms with Gasteiger partial charge < -0.3 is 9.30 Å². The molecule has 1 aromatic heterocycles. The highest BCUT2D eigenvalue weighted by Crippen LogP contribution is 2.34. The van der Waals surface area contributed by atoms with E-state index in [9.17, 15) is 9.59 Å². The Bertz CT molecular complexity index is 822. The lowest BCUT2D eigenvalue weighted by molar-refractivity contribution is -0.149. The lowest BCUT2D eigenvalue weighted by Crippen LogP contribution is -2.27. The Labute approximate surface area is 156 Å². The molecule has 0 fully saturated rings. The topological polar surface area (TPSA) is 48.3 Å². The maximum atomic E-state index is 13.1. The molecule has 0 radical (unpaired) electrons. The molecule has 0 amide bonds. The minimum Gasteiger partial charge on any atom is -0.462 e. The summed E-state index contributed by atoms with van der Waals surface area (Å²) in [6, 6.07) is 9.40. The molecule has 0 saturated carbocycles. The average molecular weight is 404 g/mol. The van der Waals surface area contributed by atoms with Crippen LogP contribution in [0.5, 0.6) is 0 Å². The number of rotatable bonds is 4. The third-order valence-electron chi connectivity index (χ3n) is 4.52. The van der Waals surface area contributed by atoms with Gasteiger partial charge in [-0.1, -0.05) is 28.1 Å². The second-order valence-corrected chi connectivity index (χ2v) is 7.60. The second-order valence-electron chi connectivity index (χ2n) is 6.74. The summed E-state index contributed by atoms with van der Waals surface area (Å²) in [6.07, 6.45) is 1.48. The molecule has 2 aromatic rings. The molecule has 2 heterocycles. The van der Waals surface area contributed by atoms with Crippen molar-refractivity contribution in [3.63, 3.8) is 0 Å². The molecule has 0 saturated heterocycles. The van der Waals surface area contributed by atoms with Gasteiger partial charge in [-0.05, 0) is 57.4 Å². The van der Waals surface area contributed by atoms with Gasteiger partial charge in [-0.25, -0.2) is 0 Å². The Morgan fingerprint density at radius 3 is 2.68 bits per heavy atom. The van der Waals surface area contributed by atoms with E-state index in [1.165, 1.54) is 0 Å². The molecule has 3 rings (SSSR count). The van der Waals surface area contributed by atoms with Crippen molar-refractivity contribution in [3.8, 4) is 0 Å². The van der Waals surface area contributed by atoms with E-state index in [0.717, 1.165) is 35.1 Å². The molecule has 1 aliphatic rings. The van der Waals surface area contributed by atoms with Crippen molar-refractivity contribution >= 4 is 27.7 Å². The molecule has 0 aliphatic carbocycles. The van der Waals surface area contributed by atoms with Gasteiger partial charge in [0.2, 0.25) is 5.78 Å². The van der Waals surface area contributed by atoms with Gasteiger partial charge in [-0.3, -0.25) is 9.59 Å². The third-order valence-corrected chi connectivity index (χ3v) is 5.21. The zero-order valence-corrected chi connectivity index (χ0v) is 16.3. The van der Waals surface area contributed by atoms with Crippen LogP contribution in [0.2, 0.25) is 0 Å². The van der Waals surface area contributed by atoms with Crippen molar-refractivity contribution in [3.05, 3.63) is 57.3 Å². The largest absolute Gasteiger partial charge is 0.462 e. The van der Waals surface area contributed by atoms with Gasteiger partial charge >= 0.3 is 5.97 Å². The fourth-order valence-corrected chi connectivity index (χ4v) is 3.93. The van der Waals surface area contributed by atoms with Crippen LogP contribution in [0.4, 0.5) is 0 Å². The Morgan fingerprint density at radius 2 is 2.00 bits per heavy atom. The second kappa shape index (κ2) is 7.16. The van der Waals surface area contributed by atoms with Crippen LogP contribution in [0.1, 0.15) is 59.9 Å². The van der Waals surface area contributed by atoms with Crippen molar-refractivity contribution in [1.29, 1.82) is 0 Å². The first-order chi connectivity index (χ1) is 11.9. The first-order valence-corrected chi connectivity index (χ1v) is 9.39. The number of nitrogens with zero attached hydrogens (tertiary/aromatic N) is 1. The highest BCUT2D eigenvalue weighted by Gasteiger charge is 2.33. The third kappa shape index (κ3) is 3.43. The van der Waals surface area contributed by atoms with E-state index < -0.39 is 0 Å². The summed E-state index contributed by atoms with van der Waals surface area (Å²) in [5, 5.41) is 0. The Morgan fingerprint density at radius 1 is 1.28 bits per heavy atom. The molecule has 0 bridgehead atoms. The van der Waals surface area contributed by atoms with Crippen LogP contribution >= 0.6 is 15.9 Å². The quantitative estimate of drug-likeness (QED) is 0.552. The number of carbonyl (C=O) groups excluding carboxylic acids is 2. The maximum Gasteiger partial charge on any atom is 0.315 e. The lowest BCUT2D eigenvalue weighted by Gasteiger charge is -2.25. The van der Waals surface area contributed by atoms with Crippen LogP contribution in [0.15, 0.2) is 34.8 Å². The molecule has 0 spiro atoms. The zero-order chi connectivity index (χ0) is 18.1. The fraction of sp³-hybridized carbons (Fsp3) is 0.400. The monoisotopic (exact) mass is 403 g/mol. The summed E-state index contributed by atoms with van der Waals surface area (Å²) < 4.78 is 8.20. The van der Waals surface area contributed by atoms with E-state index in [1.54, 1.807) is 0 Å². The van der Waals surface area contributed by atoms with Gasteiger partial charge in [0.15, 0.2) is 0 Å². The number of hydrogen-bond acceptors (Lipinski definition) is 3. The molecule has 4 nitrogen and oxygen atoms in total. The van der Waals surface area contributed by atoms with Gasteiger partial charge in [-0.2, -0.15) is 0 Å². The maximum absolute atomic E-state index is 13.1. The van der Waals surface area contributed by atoms with E-state index in [2.05, 4.69) is 15.9 Å². The SMILES string of the molecule is Cc1cc2n(c1C(=O)c1ccccc1Br)CCCC2C(=O)OC(C)C. The van der Waals surface area contributed by atoms with Crippen molar-refractivity contribution in [2.24, 2.45) is 0 Å². The number of ether oxygens (including phenoxy) is 1. The van der Waals surface area contributed by atoms with Gasteiger partial charge in [0.05, 0.1) is 17.7 Å². The Hall–Kier alpha value is -1.88. The highest BCUT2D eigenvalue weighted by molar-refractivity contribution is 9.10. The Kier molecular flexibility index (Phi) is 5.13. The number of esters is 1. The number of hydrogen-bond donors (Lipinski definition) is 0. The van der Waals surface area contributed by atoms with Crippen molar-refractivity contribution < 1.29 is 14.3 Å². The number of aryl methyl sites for hydroxylation is 1. The van der Waals surface area contributed by atoms with Crippen LogP contribution in [0.3, 0.4) is 0 Å². The summed E-state index contributed by atoms with van der Waals surface area (Å²) >= 11 is 3.46. The predicted molar refractivity (Wildman–Crippen MR) is 99.9 cm³/mol. The average Bonchev–Trinajstić information content (AvgIpc) is 2.89. The van der Waals surface area contributed by atoms with Crippen molar-refractivity contribution in [1.82, 2.24) is 4.57 Å². The lowest BCUT2D eigenvalue weighted by atomic mass is 9.96. The first kappa shape index (κ1) is 17.9. The summed E-state index contributed by atoms with van der Waals surface area (Å²) in [6.45, 7) is 6.39. The fourth-order valence-electron chi connectivity index (χ4n) is 3.47. The molecule has 1 aromatic carbocycles. The highest BCUT2D eigenvalue weighted by atomic mass is 79.9. The predicted octanol–water partition coefficient (Wildman–Crippen LogP) is 4.62. The van der Waals surface area contributed by atoms with Crippen LogP contribution in [-0.4, -0.2) is 22.4 Å². The number of carbonyl (C=O) groups is 2. The molecule has 1 atom stereocenters. The van der Waals surface area contributed by atoms with Crippen LogP contribution in [0.25, 0.3) is 0 Å². The van der Waals surface area contributed by atoms with Crippen molar-refractivity contribution in [2.45, 2.75) is 52.2 Å². The summed E-state index contributed by atoms with van der Waals surface area (Å²) in [5.41, 5.74) is 3.10. The number of ketones is 1. The van der Waals surface area contributed by atoms with Crippen LogP contribution in [-0.2, 0) is 16.1 Å². The number of benzene rings is 1. The molecule has 0 N–H and O–H groups in total. The standard InChI is InChI=1S/C20H22BrNO3/c1-12(2)25-20(24)15-8-6-10-22-17(15)11-13(3)18(22)19(23)14-7-4-5-9-16(14)21/h4-5,7,9,11-12,15H,6,8,10H2,1-3H3. The molecular weight excluding hydrogens is 382 g/mol. The molecular formula is C20H22BrNO3. The van der Waals surface area contributed by atoms with Crippen LogP contribution in [0, 0.1) is 6.92 Å². The molecule has 1 aliphatic heterocycles. The van der Waals surface area contributed by atoms with E-state index in [0.29, 0.717) is 11.3 Å². The first-order valence-electron chi connectivity index (χ1n) is 8.60. The smallest absolute Gasteiger partial charge is 0.315 e. The van der Waals surface area contributed by atoms with E-state index in [1.807, 2.05) is 55.7 Å². The summed E-state index contributed by atoms with van der Waals surface area (Å²) in [5.74, 6) is -0.516. The zero-order valence-electron chi connectivity index (χ0n) is 14.7. The van der Waals surface area contributed by atoms with Gasteiger partial charge in [0.25, 0.3) is 0 Å². The van der Waals surface area contributed by atoms with E-state index in [4.69, 9.17) is 4.74 Å². The number of halogens is 1. The molecule has 1 unspecified atom stereocenters. The Balaban J connectivity index is 2.02. The molecule has 5 heteroatoms. The summed E-state index contributed by atoms with van der Waals surface area (Å²) in [7, 11) is 0. The van der Waals surface area contributed by atoms with E-state index >= 15 is 0 Å². The number of fused-ring (bicyclic) bond motifs is 1. The van der Waals surface area contributed by atoms with Crippen LogP contribution < -0.4 is 0 Å². The van der Waals surface area contributed by atoms with Gasteiger partial charge in [0, 0.05) is 22.3 Å². The minimum absolute atomic E-state index is 0.0194.